The number of hydrogen-bond donors (Lipinski definition) is 0. The van der Waals surface area contributed by atoms with Gasteiger partial charge in [0.1, 0.15) is 5.75 Å². The molecule has 9 heteroatoms. The summed E-state index contributed by atoms with van der Waals surface area (Å²) in [7, 11) is 0. The predicted octanol–water partition coefficient (Wildman–Crippen LogP) is 3.37. The van der Waals surface area contributed by atoms with Crippen LogP contribution in [0.2, 0.25) is 0 Å². The van der Waals surface area contributed by atoms with Gasteiger partial charge in [-0.1, -0.05) is 0 Å². The number of rotatable bonds is 5. The SMILES string of the molecule is O=C(Oc1ccc(N2CCCC2=O)cc1)c1ccc(OCC(F)(F)F)nc1. The maximum atomic E-state index is 12.1. The fourth-order valence-electron chi connectivity index (χ4n) is 2.52. The third-order valence-electron chi connectivity index (χ3n) is 3.79. The van der Waals surface area contributed by atoms with Crippen LogP contribution in [0.15, 0.2) is 42.6 Å². The Morgan fingerprint density at radius 2 is 1.89 bits per heavy atom. The lowest BCUT2D eigenvalue weighted by molar-refractivity contribution is -0.154. The van der Waals surface area contributed by atoms with Crippen molar-refractivity contribution in [3.05, 3.63) is 48.2 Å². The van der Waals surface area contributed by atoms with Gasteiger partial charge in [0.05, 0.1) is 5.56 Å². The largest absolute Gasteiger partial charge is 0.468 e. The number of halogens is 3. The molecule has 0 atom stereocenters. The number of anilines is 1. The average Bonchev–Trinajstić information content (AvgIpc) is 3.06. The van der Waals surface area contributed by atoms with E-state index in [9.17, 15) is 22.8 Å². The Morgan fingerprint density at radius 1 is 1.15 bits per heavy atom. The minimum atomic E-state index is -4.47. The van der Waals surface area contributed by atoms with Crippen LogP contribution in [0.25, 0.3) is 0 Å². The van der Waals surface area contributed by atoms with Gasteiger partial charge in [-0.25, -0.2) is 9.78 Å². The lowest BCUT2D eigenvalue weighted by atomic mass is 10.2. The first-order valence-corrected chi connectivity index (χ1v) is 8.10. The number of esters is 1. The molecule has 1 saturated heterocycles. The lowest BCUT2D eigenvalue weighted by Crippen LogP contribution is -2.23. The molecule has 27 heavy (non-hydrogen) atoms. The van der Waals surface area contributed by atoms with E-state index in [1.807, 2.05) is 0 Å². The zero-order valence-electron chi connectivity index (χ0n) is 14.0. The van der Waals surface area contributed by atoms with E-state index in [0.717, 1.165) is 24.4 Å². The summed E-state index contributed by atoms with van der Waals surface area (Å²) in [5.41, 5.74) is 0.790. The summed E-state index contributed by atoms with van der Waals surface area (Å²) in [5.74, 6) is -0.634. The van der Waals surface area contributed by atoms with Gasteiger partial charge in [-0.3, -0.25) is 4.79 Å². The molecule has 2 heterocycles. The zero-order chi connectivity index (χ0) is 19.4. The number of carbonyl (C=O) groups excluding carboxylic acids is 2. The Balaban J connectivity index is 1.59. The van der Waals surface area contributed by atoms with Crippen molar-refractivity contribution in [3.63, 3.8) is 0 Å². The highest BCUT2D eigenvalue weighted by Crippen LogP contribution is 2.24. The molecule has 142 valence electrons. The van der Waals surface area contributed by atoms with Crippen molar-refractivity contribution >= 4 is 17.6 Å². The van der Waals surface area contributed by atoms with E-state index in [1.165, 1.54) is 6.07 Å². The van der Waals surface area contributed by atoms with Crippen molar-refractivity contribution in [1.82, 2.24) is 4.98 Å². The number of benzene rings is 1. The summed E-state index contributed by atoms with van der Waals surface area (Å²) < 4.78 is 45.9. The van der Waals surface area contributed by atoms with E-state index in [4.69, 9.17) is 4.74 Å². The molecule has 0 bridgehead atoms. The van der Waals surface area contributed by atoms with Crippen LogP contribution in [-0.2, 0) is 4.79 Å². The highest BCUT2D eigenvalue weighted by molar-refractivity contribution is 5.95. The van der Waals surface area contributed by atoms with Gasteiger partial charge < -0.3 is 14.4 Å². The van der Waals surface area contributed by atoms with Gasteiger partial charge in [0, 0.05) is 30.9 Å². The standard InChI is InChI=1S/C18H15F3N2O4/c19-18(20,21)11-26-15-8-3-12(10-22-15)17(25)27-14-6-4-13(5-7-14)23-9-1-2-16(23)24/h3-8,10H,1-2,9,11H2. The van der Waals surface area contributed by atoms with Gasteiger partial charge in [0.15, 0.2) is 6.61 Å². The van der Waals surface area contributed by atoms with E-state index in [0.29, 0.717) is 13.0 Å². The molecule has 0 saturated carbocycles. The topological polar surface area (TPSA) is 68.7 Å². The first-order valence-electron chi connectivity index (χ1n) is 8.10. The summed E-state index contributed by atoms with van der Waals surface area (Å²) >= 11 is 0. The van der Waals surface area contributed by atoms with Crippen LogP contribution in [-0.4, -0.2) is 36.2 Å². The Labute approximate surface area is 152 Å². The fraction of sp³-hybridized carbons (Fsp3) is 0.278. The summed E-state index contributed by atoms with van der Waals surface area (Å²) in [4.78, 5) is 29.1. The summed E-state index contributed by atoms with van der Waals surface area (Å²) in [6.45, 7) is -0.804. The molecule has 0 spiro atoms. The summed E-state index contributed by atoms with van der Waals surface area (Å²) in [6, 6.07) is 8.90. The number of aromatic nitrogens is 1. The molecule has 1 aliphatic rings. The molecule has 1 aliphatic heterocycles. The van der Waals surface area contributed by atoms with Crippen LogP contribution in [0, 0.1) is 0 Å². The van der Waals surface area contributed by atoms with Crippen molar-refractivity contribution in [2.75, 3.05) is 18.1 Å². The minimum Gasteiger partial charge on any atom is -0.468 e. The van der Waals surface area contributed by atoms with Gasteiger partial charge in [0.25, 0.3) is 0 Å². The third kappa shape index (κ3) is 4.96. The molecule has 6 nitrogen and oxygen atoms in total. The normalized spacial score (nSPS) is 14.3. The van der Waals surface area contributed by atoms with Crippen molar-refractivity contribution < 1.29 is 32.2 Å². The number of alkyl halides is 3. The molecule has 1 aromatic carbocycles. The number of carbonyl (C=O) groups is 2. The number of amides is 1. The first-order chi connectivity index (χ1) is 12.8. The average molecular weight is 380 g/mol. The smallest absolute Gasteiger partial charge is 0.422 e. The number of hydrogen-bond acceptors (Lipinski definition) is 5. The van der Waals surface area contributed by atoms with Crippen LogP contribution in [0.4, 0.5) is 18.9 Å². The van der Waals surface area contributed by atoms with Gasteiger partial charge in [-0.15, -0.1) is 0 Å². The van der Waals surface area contributed by atoms with Crippen molar-refractivity contribution in [1.29, 1.82) is 0 Å². The predicted molar refractivity (Wildman–Crippen MR) is 88.8 cm³/mol. The molecule has 1 aromatic heterocycles. The Hall–Kier alpha value is -3.10. The maximum absolute atomic E-state index is 12.1. The Kier molecular flexibility index (Phi) is 5.29. The lowest BCUT2D eigenvalue weighted by Gasteiger charge is -2.15. The molecule has 1 fully saturated rings. The molecule has 0 N–H and O–H groups in total. The van der Waals surface area contributed by atoms with Gasteiger partial charge in [0.2, 0.25) is 11.8 Å². The number of ether oxygens (including phenoxy) is 2. The molecule has 0 unspecified atom stereocenters. The van der Waals surface area contributed by atoms with Crippen LogP contribution < -0.4 is 14.4 Å². The molecule has 0 radical (unpaired) electrons. The van der Waals surface area contributed by atoms with Gasteiger partial charge in [-0.05, 0) is 36.8 Å². The zero-order valence-corrected chi connectivity index (χ0v) is 14.0. The Morgan fingerprint density at radius 3 is 2.44 bits per heavy atom. The highest BCUT2D eigenvalue weighted by atomic mass is 19.4. The molecular weight excluding hydrogens is 365 g/mol. The van der Waals surface area contributed by atoms with Crippen LogP contribution >= 0.6 is 0 Å². The van der Waals surface area contributed by atoms with Gasteiger partial charge >= 0.3 is 12.1 Å². The molecule has 3 rings (SSSR count). The van der Waals surface area contributed by atoms with Crippen molar-refractivity contribution in [2.45, 2.75) is 19.0 Å². The molecule has 0 aliphatic carbocycles. The molecule has 1 amide bonds. The summed E-state index contributed by atoms with van der Waals surface area (Å²) in [5, 5.41) is 0. The van der Waals surface area contributed by atoms with Crippen LogP contribution in [0.3, 0.4) is 0 Å². The second kappa shape index (κ2) is 7.65. The second-order valence-electron chi connectivity index (χ2n) is 5.82. The summed E-state index contributed by atoms with van der Waals surface area (Å²) in [6.07, 6.45) is -2.06. The van der Waals surface area contributed by atoms with E-state index in [1.54, 1.807) is 29.2 Å². The number of nitrogens with zero attached hydrogens (tertiary/aromatic N) is 2. The number of pyridine rings is 1. The van der Waals surface area contributed by atoms with E-state index >= 15 is 0 Å². The van der Waals surface area contributed by atoms with Gasteiger partial charge in [-0.2, -0.15) is 13.2 Å². The van der Waals surface area contributed by atoms with E-state index in [-0.39, 0.29) is 23.1 Å². The fourth-order valence-corrected chi connectivity index (χ4v) is 2.52. The second-order valence-corrected chi connectivity index (χ2v) is 5.82. The Bertz CT molecular complexity index is 820. The quantitative estimate of drug-likeness (QED) is 0.588. The van der Waals surface area contributed by atoms with Crippen LogP contribution in [0.5, 0.6) is 11.6 Å². The van der Waals surface area contributed by atoms with E-state index in [2.05, 4.69) is 9.72 Å². The maximum Gasteiger partial charge on any atom is 0.422 e. The highest BCUT2D eigenvalue weighted by Gasteiger charge is 2.28. The minimum absolute atomic E-state index is 0.0543. The molecular formula is C18H15F3N2O4. The van der Waals surface area contributed by atoms with Crippen molar-refractivity contribution in [2.24, 2.45) is 0 Å². The first kappa shape index (κ1) is 18.7. The van der Waals surface area contributed by atoms with E-state index < -0.39 is 18.8 Å². The molecule has 2 aromatic rings. The monoisotopic (exact) mass is 380 g/mol. The van der Waals surface area contributed by atoms with Crippen LogP contribution in [0.1, 0.15) is 23.2 Å². The third-order valence-corrected chi connectivity index (χ3v) is 3.79. The van der Waals surface area contributed by atoms with Crippen molar-refractivity contribution in [3.8, 4) is 11.6 Å².